The molecule has 11 nitrogen and oxygen atoms in total. The van der Waals surface area contributed by atoms with Crippen LogP contribution in [0.5, 0.6) is 5.88 Å². The lowest BCUT2D eigenvalue weighted by Gasteiger charge is -2.40. The Kier molecular flexibility index (Phi) is 8.59. The lowest BCUT2D eigenvalue weighted by Crippen LogP contribution is -2.59. The number of hydrogen-bond acceptors (Lipinski definition) is 7. The molecule has 2 aliphatic rings. The zero-order chi connectivity index (χ0) is 30.1. The van der Waals surface area contributed by atoms with E-state index in [1.807, 2.05) is 13.1 Å². The van der Waals surface area contributed by atoms with Crippen LogP contribution in [0.25, 0.3) is 0 Å². The molecule has 2 aromatic rings. The molecule has 3 heterocycles. The fraction of sp³-hybridized carbons (Fsp3) is 0.500. The molecule has 1 aromatic carbocycles. The highest BCUT2D eigenvalue weighted by Crippen LogP contribution is 2.36. The zero-order valence-corrected chi connectivity index (χ0v) is 24.5. The molecule has 0 saturated carbocycles. The highest BCUT2D eigenvalue weighted by Gasteiger charge is 2.40. The zero-order valence-electron chi connectivity index (χ0n) is 23.5. The van der Waals surface area contributed by atoms with E-state index in [1.54, 1.807) is 0 Å². The average Bonchev–Trinajstić information content (AvgIpc) is 3.33. The van der Waals surface area contributed by atoms with Crippen molar-refractivity contribution in [2.45, 2.75) is 57.5 Å². The van der Waals surface area contributed by atoms with Gasteiger partial charge in [-0.05, 0) is 35.8 Å². The van der Waals surface area contributed by atoms with Gasteiger partial charge in [0.05, 0.1) is 38.5 Å². The van der Waals surface area contributed by atoms with Crippen molar-refractivity contribution >= 4 is 32.6 Å². The fourth-order valence-electron chi connectivity index (χ4n) is 4.06. The molecule has 0 bridgehead atoms. The first-order valence-electron chi connectivity index (χ1n) is 13.1. The number of urea groups is 1. The summed E-state index contributed by atoms with van der Waals surface area (Å²) in [6, 6.07) is 1.88. The van der Waals surface area contributed by atoms with Crippen LogP contribution >= 0.6 is 0 Å². The van der Waals surface area contributed by atoms with Crippen LogP contribution in [0.3, 0.4) is 0 Å². The van der Waals surface area contributed by atoms with Crippen LogP contribution in [0.4, 0.5) is 28.7 Å². The molecule has 1 aromatic heterocycles. The van der Waals surface area contributed by atoms with Crippen molar-refractivity contribution in [2.24, 2.45) is 5.10 Å². The molecule has 1 atom stereocenters. The van der Waals surface area contributed by atoms with E-state index in [0.717, 1.165) is 34.3 Å². The largest absolute Gasteiger partial charge is 0.468 e. The number of anilines is 1. The van der Waals surface area contributed by atoms with E-state index < -0.39 is 55.9 Å². The Morgan fingerprint density at radius 1 is 1.15 bits per heavy atom. The molecular formula is C26H33F3N6O5Si. The van der Waals surface area contributed by atoms with Crippen molar-refractivity contribution in [3.05, 3.63) is 47.4 Å². The molecule has 0 aliphatic carbocycles. The van der Waals surface area contributed by atoms with Gasteiger partial charge in [-0.25, -0.2) is 33.3 Å². The Morgan fingerprint density at radius 3 is 2.41 bits per heavy atom. The molecule has 41 heavy (non-hydrogen) atoms. The standard InChI is InChI=1S/C26H33F3N6O5Si/c1-26(2,3)41(4,5)39-9-8-34(25(37)38)23-30-13-20(29)22(32-23)40-19-14-33(15-19)24(36)35-21(6-7-31-35)16-10-17(27)12-18(28)11-16/h7,10-13,19,21H,6,8-9,14-15H2,1-5H3,(H,37,38)/t21-/m0/s1. The molecule has 4 rings (SSSR count). The summed E-state index contributed by atoms with van der Waals surface area (Å²) in [6.45, 7) is 10.5. The summed E-state index contributed by atoms with van der Waals surface area (Å²) in [6.07, 6.45) is 0.639. The van der Waals surface area contributed by atoms with E-state index in [-0.39, 0.29) is 42.8 Å². The van der Waals surface area contributed by atoms with E-state index >= 15 is 0 Å². The lowest BCUT2D eigenvalue weighted by atomic mass is 10.0. The Hall–Kier alpha value is -3.72. The van der Waals surface area contributed by atoms with Gasteiger partial charge in [0.15, 0.2) is 8.32 Å². The number of benzene rings is 1. The van der Waals surface area contributed by atoms with Gasteiger partial charge >= 0.3 is 12.1 Å². The van der Waals surface area contributed by atoms with Crippen LogP contribution < -0.4 is 9.64 Å². The summed E-state index contributed by atoms with van der Waals surface area (Å²) in [5.74, 6) is -3.12. The van der Waals surface area contributed by atoms with Gasteiger partial charge in [0.25, 0.3) is 5.88 Å². The number of amides is 3. The molecule has 2 aliphatic heterocycles. The average molecular weight is 595 g/mol. The second-order valence-corrected chi connectivity index (χ2v) is 16.2. The van der Waals surface area contributed by atoms with Gasteiger partial charge in [0.1, 0.15) is 17.7 Å². The highest BCUT2D eigenvalue weighted by atomic mass is 28.4. The number of ether oxygens (including phenoxy) is 1. The molecule has 0 radical (unpaired) electrons. The highest BCUT2D eigenvalue weighted by molar-refractivity contribution is 6.74. The van der Waals surface area contributed by atoms with Gasteiger partial charge in [0, 0.05) is 18.7 Å². The molecule has 1 fully saturated rings. The molecular weight excluding hydrogens is 561 g/mol. The van der Waals surface area contributed by atoms with Gasteiger partial charge in [-0.15, -0.1) is 0 Å². The maximum absolute atomic E-state index is 14.5. The minimum Gasteiger partial charge on any atom is -0.468 e. The molecule has 15 heteroatoms. The number of aromatic nitrogens is 2. The number of carbonyl (C=O) groups excluding carboxylic acids is 1. The number of hydrazone groups is 1. The van der Waals surface area contributed by atoms with E-state index in [4.69, 9.17) is 9.16 Å². The number of hydrogen-bond donors (Lipinski definition) is 1. The van der Waals surface area contributed by atoms with Crippen molar-refractivity contribution in [2.75, 3.05) is 31.1 Å². The third-order valence-corrected chi connectivity index (χ3v) is 12.0. The third-order valence-electron chi connectivity index (χ3n) is 7.45. The minimum absolute atomic E-state index is 0.0636. The van der Waals surface area contributed by atoms with Crippen molar-refractivity contribution in [1.82, 2.24) is 19.9 Å². The SMILES string of the molecule is CC(C)(C)[Si](C)(C)OCCN(C(=O)O)c1ncc(F)c(OC2CN(C(=O)N3N=CC[C@H]3c3cc(F)cc(F)c3)C2)n1. The monoisotopic (exact) mass is 594 g/mol. The second kappa shape index (κ2) is 11.6. The van der Waals surface area contributed by atoms with Crippen molar-refractivity contribution in [3.8, 4) is 5.88 Å². The van der Waals surface area contributed by atoms with Crippen LogP contribution in [0.2, 0.25) is 18.1 Å². The molecule has 0 spiro atoms. The Morgan fingerprint density at radius 2 is 1.80 bits per heavy atom. The van der Waals surface area contributed by atoms with Crippen molar-refractivity contribution in [3.63, 3.8) is 0 Å². The topological polar surface area (TPSA) is 121 Å². The van der Waals surface area contributed by atoms with Crippen LogP contribution in [0.1, 0.15) is 38.8 Å². The lowest BCUT2D eigenvalue weighted by molar-refractivity contribution is 0.0229. The summed E-state index contributed by atoms with van der Waals surface area (Å²) < 4.78 is 53.6. The van der Waals surface area contributed by atoms with Gasteiger partial charge in [0.2, 0.25) is 11.8 Å². The quantitative estimate of drug-likeness (QED) is 0.426. The predicted octanol–water partition coefficient (Wildman–Crippen LogP) is 5.02. The number of halogens is 3. The Bertz CT molecular complexity index is 1310. The van der Waals surface area contributed by atoms with Crippen LogP contribution in [0.15, 0.2) is 29.5 Å². The molecule has 222 valence electrons. The number of carbonyl (C=O) groups is 2. The Balaban J connectivity index is 1.37. The fourth-order valence-corrected chi connectivity index (χ4v) is 5.09. The normalized spacial score (nSPS) is 17.5. The summed E-state index contributed by atoms with van der Waals surface area (Å²) in [4.78, 5) is 35.0. The predicted molar refractivity (Wildman–Crippen MR) is 146 cm³/mol. The van der Waals surface area contributed by atoms with E-state index in [9.17, 15) is 27.9 Å². The van der Waals surface area contributed by atoms with Gasteiger partial charge in [-0.3, -0.25) is 0 Å². The van der Waals surface area contributed by atoms with Gasteiger partial charge in [-0.2, -0.15) is 14.5 Å². The smallest absolute Gasteiger partial charge is 0.414 e. The van der Waals surface area contributed by atoms with Gasteiger partial charge < -0.3 is 19.2 Å². The van der Waals surface area contributed by atoms with Crippen molar-refractivity contribution < 1.29 is 37.0 Å². The number of nitrogens with zero attached hydrogens (tertiary/aromatic N) is 6. The summed E-state index contributed by atoms with van der Waals surface area (Å²) in [7, 11) is -2.12. The van der Waals surface area contributed by atoms with Crippen LogP contribution in [0, 0.1) is 17.5 Å². The maximum Gasteiger partial charge on any atom is 0.414 e. The molecule has 3 amide bonds. The first-order chi connectivity index (χ1) is 19.2. The molecule has 0 unspecified atom stereocenters. The Labute approximate surface area is 236 Å². The van der Waals surface area contributed by atoms with Crippen molar-refractivity contribution in [1.29, 1.82) is 0 Å². The van der Waals surface area contributed by atoms with Gasteiger partial charge in [-0.1, -0.05) is 20.8 Å². The van der Waals surface area contributed by atoms with E-state index in [0.29, 0.717) is 6.42 Å². The summed E-state index contributed by atoms with van der Waals surface area (Å²) in [5, 5.41) is 14.9. The van der Waals surface area contributed by atoms with Crippen LogP contribution in [-0.4, -0.2) is 84.0 Å². The number of carboxylic acid groups (broad SMARTS) is 1. The number of likely N-dealkylation sites (tertiary alicyclic amines) is 1. The summed E-state index contributed by atoms with van der Waals surface area (Å²) >= 11 is 0. The minimum atomic E-state index is -2.12. The van der Waals surface area contributed by atoms with E-state index in [1.165, 1.54) is 11.1 Å². The second-order valence-electron chi connectivity index (χ2n) is 11.4. The summed E-state index contributed by atoms with van der Waals surface area (Å²) in [5.41, 5.74) is 0.273. The third kappa shape index (κ3) is 6.78. The molecule has 1 N–H and O–H groups in total. The number of rotatable bonds is 8. The van der Waals surface area contributed by atoms with E-state index in [2.05, 4.69) is 35.8 Å². The van der Waals surface area contributed by atoms with Crippen LogP contribution in [-0.2, 0) is 4.43 Å². The molecule has 1 saturated heterocycles. The maximum atomic E-state index is 14.5. The first-order valence-corrected chi connectivity index (χ1v) is 16.0. The first kappa shape index (κ1) is 30.2.